The lowest BCUT2D eigenvalue weighted by Gasteiger charge is -2.46. The summed E-state index contributed by atoms with van der Waals surface area (Å²) < 4.78 is 33.1. The normalized spacial score (nSPS) is 36.5. The number of aliphatic hydroxyl groups excluding tert-OH is 10. The maximum absolute atomic E-state index is 12.4. The van der Waals surface area contributed by atoms with Crippen LogP contribution in [0.15, 0.2) is 0 Å². The van der Waals surface area contributed by atoms with E-state index in [1.54, 1.807) is 0 Å². The molecule has 2 amide bonds. The Bertz CT molecular complexity index is 1200. The Morgan fingerprint density at radius 2 is 1.24 bits per heavy atom. The van der Waals surface area contributed by atoms with Crippen LogP contribution >= 0.6 is 0 Å². The number of nitrogens with zero attached hydrogens (tertiary/aromatic N) is 1. The third-order valence-electron chi connectivity index (χ3n) is 9.11. The topological polar surface area (TPSA) is 350 Å². The van der Waals surface area contributed by atoms with Gasteiger partial charge in [0.15, 0.2) is 18.9 Å². The molecule has 9 unspecified atom stereocenters. The van der Waals surface area contributed by atoms with E-state index in [-0.39, 0.29) is 44.7 Å². The molecule has 15 atom stereocenters. The van der Waals surface area contributed by atoms with Crippen molar-refractivity contribution in [1.29, 1.82) is 0 Å². The van der Waals surface area contributed by atoms with Gasteiger partial charge in [-0.25, -0.2) is 4.79 Å². The van der Waals surface area contributed by atoms with Gasteiger partial charge < -0.3 is 94.4 Å². The van der Waals surface area contributed by atoms with Crippen LogP contribution in [0.4, 0.5) is 0 Å². The summed E-state index contributed by atoms with van der Waals surface area (Å²) in [7, 11) is 1.26. The zero-order chi connectivity index (χ0) is 40.8. The molecule has 11 N–H and O–H groups in total. The van der Waals surface area contributed by atoms with Gasteiger partial charge in [-0.05, 0) is 12.8 Å². The van der Waals surface area contributed by atoms with Crippen LogP contribution in [0.1, 0.15) is 44.9 Å². The fraction of sp³-hybridized carbons (Fsp3) is 0.875. The number of aldehydes is 1. The van der Waals surface area contributed by atoms with Crippen molar-refractivity contribution in [2.45, 2.75) is 137 Å². The van der Waals surface area contributed by atoms with Gasteiger partial charge >= 0.3 is 5.97 Å². The predicted octanol–water partition coefficient (Wildman–Crippen LogP) is -6.59. The van der Waals surface area contributed by atoms with Crippen molar-refractivity contribution in [2.24, 2.45) is 0 Å². The highest BCUT2D eigenvalue weighted by Crippen LogP contribution is 2.31. The standard InChI is InChI=1S/C32H54N2O21/c1-34(19(39)7-5-10-35)55-20(40)8-4-2-3-6-18(38)33-9-11-49-31-28(48)29(54-32-27(47)25(45)22(42)16(13-37)52-32)23(43)17(53-31)14-50-30-26(46)24(44)21(41)15(12-36)51-30/h10,15-17,21-32,36-37,41-48H,2-9,11-14H2,1H3,(H,33,38)/t15?,16?,17?,21-,22-,23-,24?,25?,26?,27?,28?,29?,30+,31+,32-/m1/s1. The minimum absolute atomic E-state index is 0.00514. The summed E-state index contributed by atoms with van der Waals surface area (Å²) in [6.07, 6.45) is -23.5. The first-order valence-corrected chi connectivity index (χ1v) is 17.8. The first kappa shape index (κ1) is 46.8. The molecule has 3 heterocycles. The fourth-order valence-electron chi connectivity index (χ4n) is 5.84. The number of aliphatic hydroxyl groups is 10. The average molecular weight is 803 g/mol. The molecule has 23 nitrogen and oxygen atoms in total. The van der Waals surface area contributed by atoms with E-state index in [2.05, 4.69) is 5.32 Å². The molecule has 23 heteroatoms. The Morgan fingerprint density at radius 1 is 0.673 bits per heavy atom. The number of carbonyl (C=O) groups excluding carboxylic acids is 4. The lowest BCUT2D eigenvalue weighted by Crippen LogP contribution is -2.65. The van der Waals surface area contributed by atoms with Crippen LogP contribution in [0.25, 0.3) is 0 Å². The Balaban J connectivity index is 1.53. The van der Waals surface area contributed by atoms with Gasteiger partial charge in [-0.15, -0.1) is 0 Å². The Labute approximate surface area is 315 Å². The maximum atomic E-state index is 12.4. The number of nitrogens with one attached hydrogen (secondary N) is 1. The molecule has 0 aromatic rings. The summed E-state index contributed by atoms with van der Waals surface area (Å²) in [5.41, 5.74) is 0. The van der Waals surface area contributed by atoms with E-state index < -0.39 is 124 Å². The van der Waals surface area contributed by atoms with Gasteiger partial charge in [0.25, 0.3) is 5.91 Å². The van der Waals surface area contributed by atoms with Crippen LogP contribution in [0, 0.1) is 0 Å². The number of ether oxygens (including phenoxy) is 6. The van der Waals surface area contributed by atoms with Gasteiger partial charge in [-0.2, -0.15) is 5.06 Å². The molecule has 318 valence electrons. The van der Waals surface area contributed by atoms with Crippen molar-refractivity contribution >= 4 is 24.1 Å². The highest BCUT2D eigenvalue weighted by atomic mass is 16.8. The van der Waals surface area contributed by atoms with Gasteiger partial charge in [-0.3, -0.25) is 9.59 Å². The number of hydrogen-bond donors (Lipinski definition) is 11. The molecule has 0 radical (unpaired) electrons. The first-order valence-electron chi connectivity index (χ1n) is 17.8. The number of unbranched alkanes of at least 4 members (excludes halogenated alkanes) is 2. The molecular formula is C32H54N2O21. The lowest BCUT2D eigenvalue weighted by molar-refractivity contribution is -0.366. The molecule has 3 aliphatic rings. The van der Waals surface area contributed by atoms with Crippen LogP contribution in [0.3, 0.4) is 0 Å². The quantitative estimate of drug-likeness (QED) is 0.0310. The number of rotatable bonds is 20. The largest absolute Gasteiger partial charge is 0.394 e. The molecule has 0 bridgehead atoms. The number of hydroxylamine groups is 2. The molecule has 3 fully saturated rings. The highest BCUT2D eigenvalue weighted by molar-refractivity contribution is 5.79. The summed E-state index contributed by atoms with van der Waals surface area (Å²) in [6, 6.07) is 0. The average Bonchev–Trinajstić information content (AvgIpc) is 3.16. The van der Waals surface area contributed by atoms with Crippen LogP contribution < -0.4 is 5.32 Å². The molecular weight excluding hydrogens is 748 g/mol. The molecule has 3 aliphatic heterocycles. The van der Waals surface area contributed by atoms with E-state index in [1.807, 2.05) is 0 Å². The number of carbonyl (C=O) groups is 4. The molecule has 3 rings (SSSR count). The van der Waals surface area contributed by atoms with Crippen molar-refractivity contribution in [3.8, 4) is 0 Å². The molecule has 0 aliphatic carbocycles. The Morgan fingerprint density at radius 3 is 1.85 bits per heavy atom. The second-order valence-electron chi connectivity index (χ2n) is 13.2. The zero-order valence-electron chi connectivity index (χ0n) is 30.1. The monoisotopic (exact) mass is 802 g/mol. The van der Waals surface area contributed by atoms with E-state index in [0.29, 0.717) is 25.5 Å². The van der Waals surface area contributed by atoms with E-state index in [0.717, 1.165) is 5.06 Å². The van der Waals surface area contributed by atoms with Crippen molar-refractivity contribution < 1.29 is 104 Å². The summed E-state index contributed by atoms with van der Waals surface area (Å²) in [5.74, 6) is -1.54. The summed E-state index contributed by atoms with van der Waals surface area (Å²) in [6.45, 7) is -2.53. The molecule has 0 aromatic carbocycles. The second kappa shape index (κ2) is 23.0. The Kier molecular flexibility index (Phi) is 19.6. The molecule has 0 spiro atoms. The lowest BCUT2D eigenvalue weighted by atomic mass is 9.96. The zero-order valence-corrected chi connectivity index (χ0v) is 30.1. The van der Waals surface area contributed by atoms with Gasteiger partial charge in [0, 0.05) is 39.3 Å². The predicted molar refractivity (Wildman–Crippen MR) is 175 cm³/mol. The maximum Gasteiger partial charge on any atom is 0.332 e. The van der Waals surface area contributed by atoms with Gasteiger partial charge in [0.05, 0.1) is 26.4 Å². The molecule has 0 saturated carbocycles. The minimum Gasteiger partial charge on any atom is -0.394 e. The second-order valence-corrected chi connectivity index (χ2v) is 13.2. The smallest absolute Gasteiger partial charge is 0.332 e. The first-order chi connectivity index (χ1) is 26.1. The van der Waals surface area contributed by atoms with E-state index in [4.69, 9.17) is 33.3 Å². The van der Waals surface area contributed by atoms with Crippen molar-refractivity contribution in [3.05, 3.63) is 0 Å². The number of hydrogen-bond acceptors (Lipinski definition) is 21. The summed E-state index contributed by atoms with van der Waals surface area (Å²) in [5, 5.41) is 106. The fourth-order valence-corrected chi connectivity index (χ4v) is 5.84. The van der Waals surface area contributed by atoms with Gasteiger partial charge in [0.2, 0.25) is 5.91 Å². The van der Waals surface area contributed by atoms with Gasteiger partial charge in [-0.1, -0.05) is 6.42 Å². The summed E-state index contributed by atoms with van der Waals surface area (Å²) in [4.78, 5) is 51.3. The van der Waals surface area contributed by atoms with Crippen LogP contribution in [0.2, 0.25) is 0 Å². The van der Waals surface area contributed by atoms with Crippen molar-refractivity contribution in [2.75, 3.05) is 40.0 Å². The highest BCUT2D eigenvalue weighted by Gasteiger charge is 2.52. The molecule has 0 aromatic heterocycles. The van der Waals surface area contributed by atoms with Crippen LogP contribution in [-0.4, -0.2) is 212 Å². The van der Waals surface area contributed by atoms with Gasteiger partial charge in [0.1, 0.15) is 79.5 Å². The van der Waals surface area contributed by atoms with Crippen molar-refractivity contribution in [3.63, 3.8) is 0 Å². The van der Waals surface area contributed by atoms with E-state index >= 15 is 0 Å². The minimum atomic E-state index is -1.91. The third-order valence-corrected chi connectivity index (χ3v) is 9.11. The third kappa shape index (κ3) is 13.2. The van der Waals surface area contributed by atoms with E-state index in [9.17, 15) is 70.2 Å². The molecule has 55 heavy (non-hydrogen) atoms. The SMILES string of the molecule is CN(OC(=O)CCCCCC(=O)NCCO[C@H]1OC(CO[C@H]2OC(CO)[C@@H](O)C(O)C2O)[C@@H](O)C(O[C@H]2OC(CO)[C@@H](O)C(O)C2O)C1O)C(=O)CCC=O. The Hall–Kier alpha value is -2.56. The number of amides is 2. The van der Waals surface area contributed by atoms with Crippen LogP contribution in [0.5, 0.6) is 0 Å². The molecule has 3 saturated heterocycles. The van der Waals surface area contributed by atoms with Crippen molar-refractivity contribution in [1.82, 2.24) is 10.4 Å². The summed E-state index contributed by atoms with van der Waals surface area (Å²) >= 11 is 0. The van der Waals surface area contributed by atoms with Crippen LogP contribution in [-0.2, 0) is 52.4 Å². The van der Waals surface area contributed by atoms with E-state index in [1.165, 1.54) is 7.05 Å².